The molecule has 3 amide bonds. The van der Waals surface area contributed by atoms with E-state index in [1.807, 2.05) is 11.9 Å². The summed E-state index contributed by atoms with van der Waals surface area (Å²) in [7, 11) is 1.84. The SMILES string of the molecule is CCNC(=O)OCCOCCOCCOC(=O)NCCCCCNC(=O)CCC(CC(=O)c1ccc(N(C)Cc2cnc3nc(N)nc(N)c3n2)cc1)C(=O)O. The molecule has 3 aromatic rings. The number of carboxylic acids is 1. The first-order valence-corrected chi connectivity index (χ1v) is 18.3. The van der Waals surface area contributed by atoms with Gasteiger partial charge < -0.3 is 56.4 Å². The molecule has 0 saturated heterocycles. The molecule has 0 radical (unpaired) electrons. The molecule has 0 bridgehead atoms. The molecule has 0 fully saturated rings. The lowest BCUT2D eigenvalue weighted by Gasteiger charge is -2.19. The van der Waals surface area contributed by atoms with Crippen LogP contribution in [0.5, 0.6) is 0 Å². The van der Waals surface area contributed by atoms with E-state index in [0.717, 1.165) is 12.1 Å². The number of aliphatic carboxylic acids is 1. The van der Waals surface area contributed by atoms with Gasteiger partial charge in [-0.1, -0.05) is 0 Å². The number of carbonyl (C=O) groups is 5. The van der Waals surface area contributed by atoms with E-state index in [2.05, 4.69) is 35.9 Å². The highest BCUT2D eigenvalue weighted by molar-refractivity contribution is 5.98. The van der Waals surface area contributed by atoms with Gasteiger partial charge in [-0.3, -0.25) is 14.4 Å². The van der Waals surface area contributed by atoms with Crippen molar-refractivity contribution in [3.63, 3.8) is 0 Å². The number of nitrogen functional groups attached to an aromatic ring is 2. The van der Waals surface area contributed by atoms with Crippen LogP contribution in [0.1, 0.15) is 61.5 Å². The second-order valence-corrected chi connectivity index (χ2v) is 12.5. The van der Waals surface area contributed by atoms with E-state index in [9.17, 15) is 29.1 Å². The molecule has 56 heavy (non-hydrogen) atoms. The standard InChI is InChI=1S/C36H52N10O10/c1-3-39-35(51)55-19-17-53-15-16-54-18-20-56-36(52)41-14-6-4-5-13-40-29(48)12-9-25(33(49)50)21-28(47)24-7-10-27(11-8-24)46(2)23-26-22-42-32-30(43-26)31(37)44-34(38)45-32/h7-8,10-11,22,25H,3-6,9,12-21,23H2,1-2H3,(H,39,51)(H,40,48)(H,41,52)(H,49,50)(H4,37,38,42,44,45). The van der Waals surface area contributed by atoms with Gasteiger partial charge in [0, 0.05) is 50.8 Å². The van der Waals surface area contributed by atoms with Crippen molar-refractivity contribution in [1.82, 2.24) is 35.9 Å². The Balaban J connectivity index is 1.23. The fourth-order valence-corrected chi connectivity index (χ4v) is 5.14. The number of hydrogen-bond donors (Lipinski definition) is 6. The Bertz CT molecular complexity index is 1730. The summed E-state index contributed by atoms with van der Waals surface area (Å²) < 4.78 is 20.5. The Labute approximate surface area is 324 Å². The quantitative estimate of drug-likeness (QED) is 0.0502. The number of rotatable bonds is 26. The van der Waals surface area contributed by atoms with Crippen LogP contribution >= 0.6 is 0 Å². The van der Waals surface area contributed by atoms with Crippen molar-refractivity contribution >= 4 is 58.5 Å². The average Bonchev–Trinajstić information content (AvgIpc) is 3.16. The third kappa shape index (κ3) is 16.6. The second kappa shape index (κ2) is 24.5. The van der Waals surface area contributed by atoms with Crippen LogP contribution in [-0.2, 0) is 35.1 Å². The van der Waals surface area contributed by atoms with Crippen LogP contribution < -0.4 is 32.3 Å². The van der Waals surface area contributed by atoms with Crippen LogP contribution in [-0.4, -0.2) is 121 Å². The first-order valence-electron chi connectivity index (χ1n) is 18.3. The number of carboxylic acid groups (broad SMARTS) is 1. The van der Waals surface area contributed by atoms with Crippen molar-refractivity contribution in [3.8, 4) is 0 Å². The predicted molar refractivity (Wildman–Crippen MR) is 205 cm³/mol. The molecule has 1 atom stereocenters. The molecule has 2 aromatic heterocycles. The fraction of sp³-hybridized carbons (Fsp3) is 0.528. The van der Waals surface area contributed by atoms with Gasteiger partial charge in [0.05, 0.1) is 50.8 Å². The van der Waals surface area contributed by atoms with E-state index < -0.39 is 24.1 Å². The molecule has 20 nitrogen and oxygen atoms in total. The van der Waals surface area contributed by atoms with Gasteiger partial charge in [0.2, 0.25) is 11.9 Å². The lowest BCUT2D eigenvalue weighted by atomic mass is 9.94. The number of nitrogens with two attached hydrogens (primary N) is 2. The van der Waals surface area contributed by atoms with E-state index in [1.165, 1.54) is 0 Å². The predicted octanol–water partition coefficient (Wildman–Crippen LogP) is 2.07. The van der Waals surface area contributed by atoms with Gasteiger partial charge in [-0.25, -0.2) is 19.6 Å². The summed E-state index contributed by atoms with van der Waals surface area (Å²) in [5.74, 6) is -2.66. The highest BCUT2D eigenvalue weighted by atomic mass is 16.6. The van der Waals surface area contributed by atoms with Crippen molar-refractivity contribution in [2.45, 2.75) is 52.0 Å². The molecule has 8 N–H and O–H groups in total. The number of unbranched alkanes of at least 4 members (excludes halogenated alkanes) is 2. The largest absolute Gasteiger partial charge is 0.481 e. The molecular weight excluding hydrogens is 732 g/mol. The highest BCUT2D eigenvalue weighted by Gasteiger charge is 2.23. The molecule has 3 rings (SSSR count). The second-order valence-electron chi connectivity index (χ2n) is 12.5. The molecule has 0 aliphatic carbocycles. The summed E-state index contributed by atoms with van der Waals surface area (Å²) in [5, 5.41) is 17.6. The molecule has 306 valence electrons. The number of aromatic nitrogens is 4. The summed E-state index contributed by atoms with van der Waals surface area (Å²) in [5.41, 5.74) is 13.9. The molecule has 0 aliphatic heterocycles. The van der Waals surface area contributed by atoms with Gasteiger partial charge in [-0.2, -0.15) is 9.97 Å². The number of Topliss-reactive ketones (excluding diaryl/α,β-unsaturated/α-hetero) is 1. The third-order valence-corrected chi connectivity index (χ3v) is 8.09. The zero-order valence-corrected chi connectivity index (χ0v) is 31.8. The van der Waals surface area contributed by atoms with Crippen molar-refractivity contribution in [3.05, 3.63) is 41.7 Å². The maximum Gasteiger partial charge on any atom is 0.407 e. The number of anilines is 3. The summed E-state index contributed by atoms with van der Waals surface area (Å²) in [6, 6.07) is 6.77. The number of fused-ring (bicyclic) bond motifs is 1. The monoisotopic (exact) mass is 784 g/mol. The minimum absolute atomic E-state index is 0.0107. The number of benzene rings is 1. The van der Waals surface area contributed by atoms with Crippen molar-refractivity contribution in [1.29, 1.82) is 0 Å². The Hall–Kier alpha value is -5.89. The molecule has 0 spiro atoms. The number of nitrogens with one attached hydrogen (secondary N) is 3. The first-order chi connectivity index (χ1) is 27.0. The summed E-state index contributed by atoms with van der Waals surface area (Å²) in [4.78, 5) is 78.8. The lowest BCUT2D eigenvalue weighted by Crippen LogP contribution is -2.28. The first kappa shape index (κ1) is 44.5. The van der Waals surface area contributed by atoms with Gasteiger partial charge in [0.1, 0.15) is 13.2 Å². The van der Waals surface area contributed by atoms with E-state index in [0.29, 0.717) is 74.7 Å². The molecule has 1 aromatic carbocycles. The van der Waals surface area contributed by atoms with Crippen LogP contribution in [0.15, 0.2) is 30.5 Å². The number of amides is 3. The molecule has 20 heteroatoms. The van der Waals surface area contributed by atoms with E-state index in [4.69, 9.17) is 30.4 Å². The maximum atomic E-state index is 13.0. The number of ether oxygens (including phenoxy) is 4. The Kier molecular flexibility index (Phi) is 19.5. The van der Waals surface area contributed by atoms with Crippen molar-refractivity contribution in [2.24, 2.45) is 5.92 Å². The molecule has 2 heterocycles. The number of hydrogen-bond acceptors (Lipinski definition) is 16. The Morgan fingerprint density at radius 1 is 0.821 bits per heavy atom. The minimum atomic E-state index is -1.14. The van der Waals surface area contributed by atoms with Gasteiger partial charge in [-0.15, -0.1) is 0 Å². The fourth-order valence-electron chi connectivity index (χ4n) is 5.14. The van der Waals surface area contributed by atoms with E-state index in [-0.39, 0.29) is 69.1 Å². The normalized spacial score (nSPS) is 11.4. The maximum absolute atomic E-state index is 13.0. The van der Waals surface area contributed by atoms with E-state index in [1.54, 1.807) is 37.4 Å². The molecular formula is C36H52N10O10. The summed E-state index contributed by atoms with van der Waals surface area (Å²) >= 11 is 0. The Morgan fingerprint density at radius 3 is 2.09 bits per heavy atom. The van der Waals surface area contributed by atoms with E-state index >= 15 is 0 Å². The van der Waals surface area contributed by atoms with Crippen LogP contribution in [0, 0.1) is 5.92 Å². The van der Waals surface area contributed by atoms with Crippen LogP contribution in [0.3, 0.4) is 0 Å². The third-order valence-electron chi connectivity index (χ3n) is 8.09. The van der Waals surface area contributed by atoms with Crippen molar-refractivity contribution < 1.29 is 48.0 Å². The van der Waals surface area contributed by atoms with Gasteiger partial charge in [-0.05, 0) is 56.9 Å². The van der Waals surface area contributed by atoms with Gasteiger partial charge in [0.25, 0.3) is 0 Å². The minimum Gasteiger partial charge on any atom is -0.481 e. The molecule has 1 unspecified atom stereocenters. The number of nitrogens with zero attached hydrogens (tertiary/aromatic N) is 5. The lowest BCUT2D eigenvalue weighted by molar-refractivity contribution is -0.142. The number of carbonyl (C=O) groups excluding carboxylic acids is 4. The zero-order valence-electron chi connectivity index (χ0n) is 31.8. The highest BCUT2D eigenvalue weighted by Crippen LogP contribution is 2.21. The van der Waals surface area contributed by atoms with Gasteiger partial charge >= 0.3 is 18.2 Å². The molecule has 0 saturated carbocycles. The van der Waals surface area contributed by atoms with Crippen LogP contribution in [0.4, 0.5) is 27.0 Å². The van der Waals surface area contributed by atoms with Crippen LogP contribution in [0.2, 0.25) is 0 Å². The number of ketones is 1. The van der Waals surface area contributed by atoms with Crippen molar-refractivity contribution in [2.75, 3.05) is 82.7 Å². The Morgan fingerprint density at radius 2 is 1.45 bits per heavy atom. The summed E-state index contributed by atoms with van der Waals surface area (Å²) in [6.07, 6.45) is 2.33. The van der Waals surface area contributed by atoms with Gasteiger partial charge in [0.15, 0.2) is 22.8 Å². The zero-order chi connectivity index (χ0) is 40.7. The number of alkyl carbamates (subject to hydrolysis) is 2. The summed E-state index contributed by atoms with van der Waals surface area (Å²) in [6.45, 7) is 4.73. The average molecular weight is 785 g/mol. The van der Waals surface area contributed by atoms with Crippen LogP contribution in [0.25, 0.3) is 11.2 Å². The smallest absolute Gasteiger partial charge is 0.407 e. The molecule has 0 aliphatic rings. The topological polar surface area (TPSA) is 285 Å².